The zero-order chi connectivity index (χ0) is 15.4. The van der Waals surface area contributed by atoms with Gasteiger partial charge in [0.05, 0.1) is 0 Å². The van der Waals surface area contributed by atoms with Crippen LogP contribution >= 0.6 is 11.6 Å². The average Bonchev–Trinajstić information content (AvgIpc) is 2.47. The molecule has 0 aliphatic carbocycles. The van der Waals surface area contributed by atoms with E-state index in [1.807, 2.05) is 6.07 Å². The molecule has 3 N–H and O–H groups in total. The minimum atomic E-state index is 0.201. The molecule has 1 aromatic heterocycles. The highest BCUT2D eigenvalue weighted by atomic mass is 35.5. The van der Waals surface area contributed by atoms with Crippen LogP contribution < -0.4 is 11.1 Å². The van der Waals surface area contributed by atoms with Crippen molar-refractivity contribution in [1.29, 1.82) is 0 Å². The third-order valence-corrected chi connectivity index (χ3v) is 4.01. The Bertz CT molecular complexity index is 599. The van der Waals surface area contributed by atoms with E-state index in [1.165, 1.54) is 12.0 Å². The molecule has 2 heterocycles. The van der Waals surface area contributed by atoms with Crippen LogP contribution in [0.15, 0.2) is 36.4 Å². The summed E-state index contributed by atoms with van der Waals surface area (Å²) in [5, 5.41) is 3.79. The Hall–Kier alpha value is -1.85. The van der Waals surface area contributed by atoms with Crippen molar-refractivity contribution in [3.63, 3.8) is 0 Å². The smallest absolute Gasteiger partial charge is 0.223 e. The third kappa shape index (κ3) is 4.08. The van der Waals surface area contributed by atoms with Crippen molar-refractivity contribution in [2.75, 3.05) is 24.1 Å². The number of anilines is 2. The number of hydrogen-bond donors (Lipinski definition) is 2. The molecule has 6 heteroatoms. The molecular formula is C16H20ClN5. The van der Waals surface area contributed by atoms with Crippen molar-refractivity contribution < 1.29 is 0 Å². The number of nitrogen functional groups attached to an aromatic ring is 1. The van der Waals surface area contributed by atoms with Crippen LogP contribution in [-0.2, 0) is 6.54 Å². The fourth-order valence-electron chi connectivity index (χ4n) is 2.88. The number of likely N-dealkylation sites (tertiary alicyclic amines) is 1. The van der Waals surface area contributed by atoms with Gasteiger partial charge in [-0.15, -0.1) is 0 Å². The first-order chi connectivity index (χ1) is 10.7. The van der Waals surface area contributed by atoms with E-state index < -0.39 is 0 Å². The Morgan fingerprint density at radius 1 is 1.27 bits per heavy atom. The highest BCUT2D eigenvalue weighted by Crippen LogP contribution is 2.19. The topological polar surface area (TPSA) is 67.1 Å². The van der Waals surface area contributed by atoms with Crippen LogP contribution in [0.5, 0.6) is 0 Å². The highest BCUT2D eigenvalue weighted by molar-refractivity contribution is 6.29. The molecule has 2 aromatic rings. The van der Waals surface area contributed by atoms with E-state index in [1.54, 1.807) is 6.07 Å². The maximum Gasteiger partial charge on any atom is 0.223 e. The molecule has 1 aliphatic heterocycles. The first kappa shape index (κ1) is 15.1. The predicted molar refractivity (Wildman–Crippen MR) is 89.8 cm³/mol. The van der Waals surface area contributed by atoms with E-state index in [2.05, 4.69) is 44.5 Å². The van der Waals surface area contributed by atoms with Crippen LogP contribution in [0, 0.1) is 0 Å². The van der Waals surface area contributed by atoms with Gasteiger partial charge < -0.3 is 11.1 Å². The summed E-state index contributed by atoms with van der Waals surface area (Å²) in [7, 11) is 0. The lowest BCUT2D eigenvalue weighted by Gasteiger charge is -2.33. The molecule has 1 unspecified atom stereocenters. The fraction of sp³-hybridized carbons (Fsp3) is 0.375. The van der Waals surface area contributed by atoms with Crippen LogP contribution in [0.4, 0.5) is 11.8 Å². The number of aromatic nitrogens is 2. The second kappa shape index (κ2) is 6.94. The summed E-state index contributed by atoms with van der Waals surface area (Å²) in [6, 6.07) is 12.6. The van der Waals surface area contributed by atoms with Gasteiger partial charge in [0.25, 0.3) is 0 Å². The molecule has 22 heavy (non-hydrogen) atoms. The predicted octanol–water partition coefficient (Wildman–Crippen LogP) is 2.79. The minimum Gasteiger partial charge on any atom is -0.368 e. The largest absolute Gasteiger partial charge is 0.368 e. The first-order valence-electron chi connectivity index (χ1n) is 7.52. The summed E-state index contributed by atoms with van der Waals surface area (Å²) in [4.78, 5) is 10.5. The van der Waals surface area contributed by atoms with Gasteiger partial charge in [0.15, 0.2) is 0 Å². The summed E-state index contributed by atoms with van der Waals surface area (Å²) >= 11 is 5.92. The van der Waals surface area contributed by atoms with E-state index in [9.17, 15) is 0 Å². The van der Waals surface area contributed by atoms with Crippen molar-refractivity contribution in [3.8, 4) is 0 Å². The van der Waals surface area contributed by atoms with E-state index in [4.69, 9.17) is 17.3 Å². The van der Waals surface area contributed by atoms with Gasteiger partial charge in [0.1, 0.15) is 11.0 Å². The van der Waals surface area contributed by atoms with Gasteiger partial charge in [-0.2, -0.15) is 4.98 Å². The average molecular weight is 318 g/mol. The number of nitrogens with two attached hydrogens (primary N) is 1. The second-order valence-electron chi connectivity index (χ2n) is 5.64. The fourth-order valence-corrected chi connectivity index (χ4v) is 3.07. The molecule has 1 atom stereocenters. The summed E-state index contributed by atoms with van der Waals surface area (Å²) < 4.78 is 0. The summed E-state index contributed by atoms with van der Waals surface area (Å²) in [6.07, 6.45) is 2.28. The van der Waals surface area contributed by atoms with E-state index in [-0.39, 0.29) is 5.95 Å². The molecule has 0 amide bonds. The lowest BCUT2D eigenvalue weighted by atomic mass is 10.0. The van der Waals surface area contributed by atoms with Crippen LogP contribution in [0.3, 0.4) is 0 Å². The minimum absolute atomic E-state index is 0.201. The molecule has 5 nitrogen and oxygen atoms in total. The van der Waals surface area contributed by atoms with E-state index in [0.717, 1.165) is 26.1 Å². The summed E-state index contributed by atoms with van der Waals surface area (Å²) in [5.41, 5.74) is 6.98. The molecule has 1 saturated heterocycles. The lowest BCUT2D eigenvalue weighted by molar-refractivity contribution is 0.208. The van der Waals surface area contributed by atoms with Crippen molar-refractivity contribution in [2.45, 2.75) is 25.4 Å². The van der Waals surface area contributed by atoms with Gasteiger partial charge in [0.2, 0.25) is 5.95 Å². The molecule has 3 rings (SSSR count). The zero-order valence-corrected chi connectivity index (χ0v) is 13.1. The van der Waals surface area contributed by atoms with Crippen molar-refractivity contribution in [3.05, 3.63) is 47.1 Å². The molecular weight excluding hydrogens is 298 g/mol. The van der Waals surface area contributed by atoms with Crippen molar-refractivity contribution in [2.24, 2.45) is 0 Å². The molecule has 0 radical (unpaired) electrons. The molecule has 0 saturated carbocycles. The molecule has 1 aromatic carbocycles. The van der Waals surface area contributed by atoms with Gasteiger partial charge in [-0.05, 0) is 24.9 Å². The number of piperidine rings is 1. The van der Waals surface area contributed by atoms with E-state index in [0.29, 0.717) is 17.0 Å². The number of nitrogens with one attached hydrogen (secondary N) is 1. The van der Waals surface area contributed by atoms with E-state index >= 15 is 0 Å². The number of rotatable bonds is 4. The van der Waals surface area contributed by atoms with Gasteiger partial charge in [-0.3, -0.25) is 4.90 Å². The van der Waals surface area contributed by atoms with Gasteiger partial charge in [0, 0.05) is 25.2 Å². The summed E-state index contributed by atoms with van der Waals surface area (Å²) in [6.45, 7) is 3.09. The number of nitrogens with zero attached hydrogens (tertiary/aromatic N) is 3. The Morgan fingerprint density at radius 2 is 2.09 bits per heavy atom. The van der Waals surface area contributed by atoms with Crippen LogP contribution in [0.1, 0.15) is 18.4 Å². The molecule has 1 aliphatic rings. The molecule has 1 fully saturated rings. The standard InChI is InChI=1S/C16H20ClN5/c17-14-9-15(21-16(18)20-14)19-13-7-4-8-22(11-13)10-12-5-2-1-3-6-12/h1-3,5-6,9,13H,4,7-8,10-11H2,(H3,18,19,20,21). The normalized spacial score (nSPS) is 19.0. The highest BCUT2D eigenvalue weighted by Gasteiger charge is 2.20. The van der Waals surface area contributed by atoms with Gasteiger partial charge in [-0.25, -0.2) is 4.98 Å². The Labute approximate surface area is 135 Å². The Balaban J connectivity index is 1.60. The molecule has 116 valence electrons. The van der Waals surface area contributed by atoms with Gasteiger partial charge >= 0.3 is 0 Å². The molecule has 0 bridgehead atoms. The maximum absolute atomic E-state index is 5.92. The second-order valence-corrected chi connectivity index (χ2v) is 6.03. The summed E-state index contributed by atoms with van der Waals surface area (Å²) in [5.74, 6) is 0.899. The van der Waals surface area contributed by atoms with Gasteiger partial charge in [-0.1, -0.05) is 41.9 Å². The number of hydrogen-bond acceptors (Lipinski definition) is 5. The molecule has 0 spiro atoms. The first-order valence-corrected chi connectivity index (χ1v) is 7.90. The van der Waals surface area contributed by atoms with Crippen molar-refractivity contribution in [1.82, 2.24) is 14.9 Å². The zero-order valence-electron chi connectivity index (χ0n) is 12.4. The van der Waals surface area contributed by atoms with Crippen LogP contribution in [-0.4, -0.2) is 34.0 Å². The van der Waals surface area contributed by atoms with Crippen LogP contribution in [0.25, 0.3) is 0 Å². The Morgan fingerprint density at radius 3 is 2.86 bits per heavy atom. The third-order valence-electron chi connectivity index (χ3n) is 3.82. The number of halogens is 1. The van der Waals surface area contributed by atoms with Crippen molar-refractivity contribution >= 4 is 23.4 Å². The Kier molecular flexibility index (Phi) is 4.75. The quantitative estimate of drug-likeness (QED) is 0.849. The monoisotopic (exact) mass is 317 g/mol. The lowest BCUT2D eigenvalue weighted by Crippen LogP contribution is -2.41. The van der Waals surface area contributed by atoms with Crippen LogP contribution in [0.2, 0.25) is 5.15 Å². The maximum atomic E-state index is 5.92. The number of benzene rings is 1. The SMILES string of the molecule is Nc1nc(Cl)cc(NC2CCCN(Cc3ccccc3)C2)n1.